The van der Waals surface area contributed by atoms with E-state index in [1.165, 1.54) is 11.3 Å². The second kappa shape index (κ2) is 2.06. The molecular formula is C6H7NO2S2. The van der Waals surface area contributed by atoms with Gasteiger partial charge in [0.15, 0.2) is 0 Å². The number of sulfonamides is 1. The van der Waals surface area contributed by atoms with Crippen LogP contribution in [0.15, 0.2) is 15.7 Å². The lowest BCUT2D eigenvalue weighted by Gasteiger charge is -1.98. The highest BCUT2D eigenvalue weighted by molar-refractivity contribution is 7.92. The third-order valence-corrected chi connectivity index (χ3v) is 4.76. The molecule has 0 spiro atoms. The molecule has 0 saturated heterocycles. The van der Waals surface area contributed by atoms with Crippen molar-refractivity contribution >= 4 is 21.4 Å². The smallest absolute Gasteiger partial charge is 0.206 e. The summed E-state index contributed by atoms with van der Waals surface area (Å²) < 4.78 is 25.4. The van der Waals surface area contributed by atoms with Gasteiger partial charge in [0.05, 0.1) is 0 Å². The van der Waals surface area contributed by atoms with Gasteiger partial charge in [0.1, 0.15) is 4.21 Å². The molecule has 2 rings (SSSR count). The Morgan fingerprint density at radius 3 is 3.00 bits per heavy atom. The minimum absolute atomic E-state index is 0.0544. The van der Waals surface area contributed by atoms with Crippen LogP contribution in [0.3, 0.4) is 0 Å². The predicted octanol–water partition coefficient (Wildman–Crippen LogP) is 1.10. The molecule has 0 fully saturated rings. The third kappa shape index (κ3) is 0.919. The fourth-order valence-corrected chi connectivity index (χ4v) is 3.99. The van der Waals surface area contributed by atoms with Crippen LogP contribution < -0.4 is 4.72 Å². The zero-order valence-corrected chi connectivity index (χ0v) is 7.50. The zero-order chi connectivity index (χ0) is 8.06. The molecule has 0 aromatic carbocycles. The van der Waals surface area contributed by atoms with Crippen LogP contribution in [0.4, 0.5) is 0 Å². The second-order valence-electron chi connectivity index (χ2n) is 2.51. The number of thiophene rings is 1. The average Bonchev–Trinajstić information content (AvgIpc) is 2.37. The lowest BCUT2D eigenvalue weighted by atomic mass is 10.2. The first-order valence-corrected chi connectivity index (χ1v) is 5.57. The van der Waals surface area contributed by atoms with E-state index in [0.717, 1.165) is 5.56 Å². The van der Waals surface area contributed by atoms with Crippen molar-refractivity contribution in [1.82, 2.24) is 4.72 Å². The number of fused-ring (bicyclic) bond motifs is 1. The Kier molecular flexibility index (Phi) is 1.36. The van der Waals surface area contributed by atoms with Crippen molar-refractivity contribution in [3.8, 4) is 0 Å². The van der Waals surface area contributed by atoms with Gasteiger partial charge in [-0.2, -0.15) is 0 Å². The van der Waals surface area contributed by atoms with E-state index in [0.29, 0.717) is 4.21 Å². The highest BCUT2D eigenvalue weighted by Crippen LogP contribution is 2.34. The predicted molar refractivity (Wildman–Crippen MR) is 43.1 cm³/mol. The van der Waals surface area contributed by atoms with Crippen molar-refractivity contribution in [2.24, 2.45) is 0 Å². The minimum atomic E-state index is -3.14. The molecule has 2 heterocycles. The Morgan fingerprint density at radius 2 is 2.36 bits per heavy atom. The van der Waals surface area contributed by atoms with Gasteiger partial charge in [-0.15, -0.1) is 11.3 Å². The Hall–Kier alpha value is -0.390. The Balaban J connectivity index is 2.73. The summed E-state index contributed by atoms with van der Waals surface area (Å²) in [5, 5.41) is 1.81. The molecule has 0 amide bonds. The van der Waals surface area contributed by atoms with Crippen LogP contribution >= 0.6 is 11.3 Å². The summed E-state index contributed by atoms with van der Waals surface area (Å²) in [7, 11) is -3.14. The molecule has 1 aromatic heterocycles. The van der Waals surface area contributed by atoms with Crippen molar-refractivity contribution in [3.05, 3.63) is 17.0 Å². The summed E-state index contributed by atoms with van der Waals surface area (Å²) in [6.07, 6.45) is 0. The van der Waals surface area contributed by atoms with Gasteiger partial charge in [0.2, 0.25) is 0 Å². The van der Waals surface area contributed by atoms with Crippen LogP contribution in [-0.4, -0.2) is 8.42 Å². The van der Waals surface area contributed by atoms with E-state index in [-0.39, 0.29) is 6.04 Å². The van der Waals surface area contributed by atoms with Crippen molar-refractivity contribution in [1.29, 1.82) is 0 Å². The SMILES string of the molecule is CC1NS(=O)(=O)c2sccc21. The van der Waals surface area contributed by atoms with Crippen LogP contribution in [0.2, 0.25) is 0 Å². The molecule has 60 valence electrons. The number of nitrogens with one attached hydrogen (secondary N) is 1. The summed E-state index contributed by atoms with van der Waals surface area (Å²) in [5.41, 5.74) is 0.898. The summed E-state index contributed by atoms with van der Waals surface area (Å²) in [6, 6.07) is 1.80. The highest BCUT2D eigenvalue weighted by atomic mass is 32.2. The summed E-state index contributed by atoms with van der Waals surface area (Å²) >= 11 is 1.27. The van der Waals surface area contributed by atoms with Crippen LogP contribution in [0.1, 0.15) is 18.5 Å². The number of hydrogen-bond donors (Lipinski definition) is 1. The van der Waals surface area contributed by atoms with Crippen LogP contribution in [0.5, 0.6) is 0 Å². The van der Waals surface area contributed by atoms with Gasteiger partial charge in [-0.05, 0) is 18.4 Å². The summed E-state index contributed by atoms with van der Waals surface area (Å²) in [6.45, 7) is 1.84. The van der Waals surface area contributed by atoms with E-state index in [4.69, 9.17) is 0 Å². The number of rotatable bonds is 0. The number of hydrogen-bond acceptors (Lipinski definition) is 3. The largest absolute Gasteiger partial charge is 0.250 e. The summed E-state index contributed by atoms with van der Waals surface area (Å²) in [5.74, 6) is 0. The van der Waals surface area contributed by atoms with E-state index in [9.17, 15) is 8.42 Å². The highest BCUT2D eigenvalue weighted by Gasteiger charge is 2.32. The monoisotopic (exact) mass is 189 g/mol. The van der Waals surface area contributed by atoms with Gasteiger partial charge >= 0.3 is 0 Å². The molecule has 3 nitrogen and oxygen atoms in total. The van der Waals surface area contributed by atoms with Crippen LogP contribution in [0, 0.1) is 0 Å². The molecule has 1 aliphatic heterocycles. The minimum Gasteiger partial charge on any atom is -0.206 e. The Labute approximate surface area is 69.1 Å². The van der Waals surface area contributed by atoms with Gasteiger partial charge in [-0.1, -0.05) is 0 Å². The van der Waals surface area contributed by atoms with E-state index < -0.39 is 10.0 Å². The molecule has 1 atom stereocenters. The quantitative estimate of drug-likeness (QED) is 0.664. The normalized spacial score (nSPS) is 26.8. The molecule has 0 radical (unpaired) electrons. The average molecular weight is 189 g/mol. The Bertz CT molecular complexity index is 379. The van der Waals surface area contributed by atoms with Crippen molar-refractivity contribution in [3.63, 3.8) is 0 Å². The van der Waals surface area contributed by atoms with E-state index in [1.807, 2.05) is 13.0 Å². The first-order chi connectivity index (χ1) is 5.11. The fourth-order valence-electron chi connectivity index (χ4n) is 1.19. The molecular weight excluding hydrogens is 182 g/mol. The molecule has 0 bridgehead atoms. The topological polar surface area (TPSA) is 46.2 Å². The van der Waals surface area contributed by atoms with Crippen LogP contribution in [0.25, 0.3) is 0 Å². The van der Waals surface area contributed by atoms with Crippen molar-refractivity contribution < 1.29 is 8.42 Å². The molecule has 0 saturated carbocycles. The lowest BCUT2D eigenvalue weighted by molar-refractivity contribution is 0.583. The maximum absolute atomic E-state index is 11.2. The molecule has 1 aliphatic rings. The molecule has 1 unspecified atom stereocenters. The van der Waals surface area contributed by atoms with Gasteiger partial charge in [0.25, 0.3) is 10.0 Å². The van der Waals surface area contributed by atoms with Crippen molar-refractivity contribution in [2.75, 3.05) is 0 Å². The lowest BCUT2D eigenvalue weighted by Crippen LogP contribution is -2.17. The maximum atomic E-state index is 11.2. The molecule has 0 aliphatic carbocycles. The van der Waals surface area contributed by atoms with E-state index in [1.54, 1.807) is 5.38 Å². The standard InChI is InChI=1S/C6H7NO2S2/c1-4-5-2-3-10-6(5)11(8,9)7-4/h2-4,7H,1H3. The molecule has 1 N–H and O–H groups in total. The summed E-state index contributed by atoms with van der Waals surface area (Å²) in [4.78, 5) is 0. The molecule has 11 heavy (non-hydrogen) atoms. The van der Waals surface area contributed by atoms with Gasteiger partial charge in [0, 0.05) is 11.6 Å². The first-order valence-electron chi connectivity index (χ1n) is 3.21. The third-order valence-electron chi connectivity index (χ3n) is 1.70. The molecule has 1 aromatic rings. The van der Waals surface area contributed by atoms with Crippen LogP contribution in [-0.2, 0) is 10.0 Å². The van der Waals surface area contributed by atoms with E-state index in [2.05, 4.69) is 4.72 Å². The molecule has 5 heteroatoms. The van der Waals surface area contributed by atoms with Crippen molar-refractivity contribution in [2.45, 2.75) is 17.2 Å². The fraction of sp³-hybridized carbons (Fsp3) is 0.333. The van der Waals surface area contributed by atoms with E-state index >= 15 is 0 Å². The maximum Gasteiger partial charge on any atom is 0.250 e. The van der Waals surface area contributed by atoms with Gasteiger partial charge < -0.3 is 0 Å². The zero-order valence-electron chi connectivity index (χ0n) is 5.87. The Morgan fingerprint density at radius 1 is 1.64 bits per heavy atom. The van der Waals surface area contributed by atoms with Gasteiger partial charge in [-0.3, -0.25) is 0 Å². The van der Waals surface area contributed by atoms with Gasteiger partial charge in [-0.25, -0.2) is 13.1 Å². The first kappa shape index (κ1) is 7.27. The second-order valence-corrected chi connectivity index (χ2v) is 5.33.